The Kier molecular flexibility index (Phi) is 9.02. The molecule has 2 aromatic heterocycles. The molecule has 0 aliphatic heterocycles. The van der Waals surface area contributed by atoms with E-state index >= 15 is 0 Å². The van der Waals surface area contributed by atoms with Crippen LogP contribution >= 0.6 is 11.3 Å². The first-order valence-corrected chi connectivity index (χ1v) is 13.3. The largest absolute Gasteiger partial charge is 0.417 e. The quantitative estimate of drug-likeness (QED) is 0.282. The van der Waals surface area contributed by atoms with Crippen LogP contribution in [0.5, 0.6) is 0 Å². The number of anilines is 2. The highest BCUT2D eigenvalue weighted by atomic mass is 32.2. The zero-order valence-electron chi connectivity index (χ0n) is 20.0. The number of alkyl halides is 3. The molecule has 1 aromatic carbocycles. The number of rotatable bonds is 10. The summed E-state index contributed by atoms with van der Waals surface area (Å²) in [6.07, 6.45) is -4.11. The standard InChI is InChI=1S/C23H21F4N5O4S2/c1-14-20(21(33)31-38(34,35)9-3-8-36-2)30-22(37-14)32(17-6-4-15(11-28)5-7-17)13-19-18(24)10-16(12-29-19)23(25,26)27/h4-7,10,12H,3,8-9,13H2,1-2H3,(H,31,33). The molecule has 0 radical (unpaired) electrons. The lowest BCUT2D eigenvalue weighted by molar-refractivity contribution is -0.138. The summed E-state index contributed by atoms with van der Waals surface area (Å²) in [5.74, 6) is -2.52. The van der Waals surface area contributed by atoms with Crippen molar-refractivity contribution in [1.29, 1.82) is 5.26 Å². The van der Waals surface area contributed by atoms with E-state index in [-0.39, 0.29) is 41.8 Å². The predicted octanol–water partition coefficient (Wildman–Crippen LogP) is 4.31. The van der Waals surface area contributed by atoms with Gasteiger partial charge in [0, 0.05) is 30.5 Å². The van der Waals surface area contributed by atoms with Crippen molar-refractivity contribution < 1.29 is 35.5 Å². The number of pyridine rings is 1. The molecule has 0 atom stereocenters. The number of aryl methyl sites for hydroxylation is 1. The number of carbonyl (C=O) groups is 1. The van der Waals surface area contributed by atoms with Gasteiger partial charge in [0.15, 0.2) is 5.13 Å². The van der Waals surface area contributed by atoms with Gasteiger partial charge in [-0.15, -0.1) is 11.3 Å². The number of hydrogen-bond acceptors (Lipinski definition) is 9. The van der Waals surface area contributed by atoms with Gasteiger partial charge in [0.2, 0.25) is 10.0 Å². The number of benzene rings is 1. The molecule has 0 spiro atoms. The maximum Gasteiger partial charge on any atom is 0.417 e. The van der Waals surface area contributed by atoms with E-state index in [2.05, 4.69) is 9.97 Å². The number of nitriles is 1. The summed E-state index contributed by atoms with van der Waals surface area (Å²) in [4.78, 5) is 22.3. The maximum atomic E-state index is 14.6. The van der Waals surface area contributed by atoms with E-state index in [0.29, 0.717) is 28.4 Å². The van der Waals surface area contributed by atoms with Crippen LogP contribution in [0.4, 0.5) is 28.4 Å². The Balaban J connectivity index is 1.96. The Morgan fingerprint density at radius 3 is 2.53 bits per heavy atom. The van der Waals surface area contributed by atoms with Crippen molar-refractivity contribution in [2.75, 3.05) is 24.4 Å². The van der Waals surface area contributed by atoms with Crippen LogP contribution in [0.2, 0.25) is 0 Å². The van der Waals surface area contributed by atoms with Gasteiger partial charge in [0.1, 0.15) is 11.5 Å². The number of thiazole rings is 1. The Morgan fingerprint density at radius 2 is 1.95 bits per heavy atom. The van der Waals surface area contributed by atoms with Crippen LogP contribution in [0.15, 0.2) is 36.5 Å². The number of amides is 1. The lowest BCUT2D eigenvalue weighted by atomic mass is 10.2. The van der Waals surface area contributed by atoms with Gasteiger partial charge in [-0.1, -0.05) is 0 Å². The Bertz CT molecular complexity index is 1450. The molecule has 0 aliphatic rings. The summed E-state index contributed by atoms with van der Waals surface area (Å²) in [7, 11) is -2.56. The third kappa shape index (κ3) is 7.24. The second kappa shape index (κ2) is 11.8. The molecule has 15 heteroatoms. The molecule has 1 N–H and O–H groups in total. The highest BCUT2D eigenvalue weighted by Crippen LogP contribution is 2.34. The second-order valence-corrected chi connectivity index (χ2v) is 10.9. The molecular formula is C23H21F4N5O4S2. The average Bonchev–Trinajstić information content (AvgIpc) is 3.24. The first kappa shape index (κ1) is 29.0. The zero-order valence-corrected chi connectivity index (χ0v) is 21.7. The van der Waals surface area contributed by atoms with Crippen LogP contribution in [0, 0.1) is 24.1 Å². The predicted molar refractivity (Wildman–Crippen MR) is 131 cm³/mol. The monoisotopic (exact) mass is 571 g/mol. The minimum atomic E-state index is -4.78. The summed E-state index contributed by atoms with van der Waals surface area (Å²) in [6.45, 7) is 1.34. The number of hydrogen-bond donors (Lipinski definition) is 1. The topological polar surface area (TPSA) is 125 Å². The molecule has 0 saturated heterocycles. The van der Waals surface area contributed by atoms with Gasteiger partial charge in [-0.05, 0) is 43.7 Å². The number of carbonyl (C=O) groups excluding carboxylic acids is 1. The van der Waals surface area contributed by atoms with Crippen molar-refractivity contribution in [1.82, 2.24) is 14.7 Å². The minimum absolute atomic E-state index is 0.121. The maximum absolute atomic E-state index is 14.6. The highest BCUT2D eigenvalue weighted by Gasteiger charge is 2.32. The highest BCUT2D eigenvalue weighted by molar-refractivity contribution is 7.90. The molecule has 0 aliphatic carbocycles. The Morgan fingerprint density at radius 1 is 1.26 bits per heavy atom. The molecule has 3 rings (SSSR count). The molecule has 0 fully saturated rings. The lowest BCUT2D eigenvalue weighted by Gasteiger charge is -2.22. The van der Waals surface area contributed by atoms with Crippen LogP contribution in [0.1, 0.15) is 38.6 Å². The number of aromatic nitrogens is 2. The first-order valence-electron chi connectivity index (χ1n) is 10.8. The van der Waals surface area contributed by atoms with Gasteiger partial charge in [0.25, 0.3) is 5.91 Å². The third-order valence-corrected chi connectivity index (χ3v) is 7.42. The summed E-state index contributed by atoms with van der Waals surface area (Å²) < 4.78 is 84.7. The molecule has 0 bridgehead atoms. The van der Waals surface area contributed by atoms with E-state index in [1.165, 1.54) is 43.2 Å². The Labute approximate surface area is 219 Å². The van der Waals surface area contributed by atoms with Crippen molar-refractivity contribution in [2.45, 2.75) is 26.1 Å². The second-order valence-electron chi connectivity index (χ2n) is 7.89. The SMILES string of the molecule is COCCCS(=O)(=O)NC(=O)c1nc(N(Cc2ncc(C(F)(F)F)cc2F)c2ccc(C#N)cc2)sc1C. The molecule has 2 heterocycles. The fraction of sp³-hybridized carbons (Fsp3) is 0.304. The average molecular weight is 572 g/mol. The van der Waals surface area contributed by atoms with Gasteiger partial charge >= 0.3 is 6.18 Å². The number of nitrogens with one attached hydrogen (secondary N) is 1. The number of ether oxygens (including phenoxy) is 1. The van der Waals surface area contributed by atoms with E-state index in [4.69, 9.17) is 10.00 Å². The minimum Gasteiger partial charge on any atom is -0.385 e. The van der Waals surface area contributed by atoms with Crippen molar-refractivity contribution >= 4 is 38.1 Å². The van der Waals surface area contributed by atoms with Gasteiger partial charge in [0.05, 0.1) is 35.2 Å². The first-order chi connectivity index (χ1) is 17.8. The number of methoxy groups -OCH3 is 1. The molecular weight excluding hydrogens is 550 g/mol. The van der Waals surface area contributed by atoms with Crippen LogP contribution in [-0.4, -0.2) is 43.8 Å². The molecule has 3 aromatic rings. The van der Waals surface area contributed by atoms with Gasteiger partial charge in [-0.2, -0.15) is 18.4 Å². The van der Waals surface area contributed by atoms with Crippen molar-refractivity contribution in [2.24, 2.45) is 0 Å². The fourth-order valence-electron chi connectivity index (χ4n) is 3.22. The summed E-state index contributed by atoms with van der Waals surface area (Å²) in [5, 5.41) is 9.20. The number of sulfonamides is 1. The van der Waals surface area contributed by atoms with Crippen LogP contribution in [0.3, 0.4) is 0 Å². The number of halogens is 4. The van der Waals surface area contributed by atoms with Crippen LogP contribution < -0.4 is 9.62 Å². The molecule has 1 amide bonds. The van der Waals surface area contributed by atoms with E-state index < -0.39 is 33.5 Å². The van der Waals surface area contributed by atoms with Gasteiger partial charge in [-0.3, -0.25) is 9.78 Å². The Hall–Kier alpha value is -3.61. The van der Waals surface area contributed by atoms with E-state index in [1.807, 2.05) is 10.8 Å². The fourth-order valence-corrected chi connectivity index (χ4v) is 5.12. The molecule has 202 valence electrons. The van der Waals surface area contributed by atoms with Crippen molar-refractivity contribution in [3.63, 3.8) is 0 Å². The van der Waals surface area contributed by atoms with Crippen LogP contribution in [0.25, 0.3) is 0 Å². The zero-order chi connectivity index (χ0) is 28.1. The lowest BCUT2D eigenvalue weighted by Crippen LogP contribution is -2.33. The van der Waals surface area contributed by atoms with Crippen molar-refractivity contribution in [3.05, 3.63) is 69.7 Å². The summed E-state index contributed by atoms with van der Waals surface area (Å²) in [5.41, 5.74) is -1.08. The van der Waals surface area contributed by atoms with Gasteiger partial charge < -0.3 is 9.64 Å². The number of nitrogens with zero attached hydrogens (tertiary/aromatic N) is 4. The normalized spacial score (nSPS) is 11.7. The molecule has 9 nitrogen and oxygen atoms in total. The van der Waals surface area contributed by atoms with E-state index in [1.54, 1.807) is 0 Å². The van der Waals surface area contributed by atoms with Crippen molar-refractivity contribution in [3.8, 4) is 6.07 Å². The third-order valence-electron chi connectivity index (χ3n) is 5.10. The van der Waals surface area contributed by atoms with Gasteiger partial charge in [-0.25, -0.2) is 22.5 Å². The van der Waals surface area contributed by atoms with E-state index in [9.17, 15) is 30.8 Å². The molecule has 38 heavy (non-hydrogen) atoms. The smallest absolute Gasteiger partial charge is 0.385 e. The van der Waals surface area contributed by atoms with Crippen LogP contribution in [-0.2, 0) is 27.5 Å². The summed E-state index contributed by atoms with van der Waals surface area (Å²) in [6, 6.07) is 8.25. The molecule has 0 saturated carbocycles. The molecule has 0 unspecified atom stereocenters. The summed E-state index contributed by atoms with van der Waals surface area (Å²) >= 11 is 0.980. The van der Waals surface area contributed by atoms with E-state index in [0.717, 1.165) is 11.3 Å².